The number of aliphatic carboxylic acids is 1. The fourth-order valence-corrected chi connectivity index (χ4v) is 5.44. The third-order valence-corrected chi connectivity index (χ3v) is 7.67. The monoisotopic (exact) mass is 511 g/mol. The van der Waals surface area contributed by atoms with Gasteiger partial charge in [-0.25, -0.2) is 9.89 Å². The highest BCUT2D eigenvalue weighted by molar-refractivity contribution is 5.90. The van der Waals surface area contributed by atoms with Crippen LogP contribution in [0, 0.1) is 5.41 Å². The Morgan fingerprint density at radius 3 is 2.45 bits per heavy atom. The Kier molecular flexibility index (Phi) is 6.27. The van der Waals surface area contributed by atoms with Gasteiger partial charge in [0.1, 0.15) is 6.10 Å². The highest BCUT2D eigenvalue weighted by atomic mass is 16.6. The Morgan fingerprint density at radius 1 is 1.00 bits per heavy atom. The van der Waals surface area contributed by atoms with E-state index in [9.17, 15) is 14.7 Å². The number of carboxylic acids is 1. The normalized spacial score (nSPS) is 16.4. The Bertz CT molecular complexity index is 1480. The Morgan fingerprint density at radius 2 is 1.74 bits per heavy atom. The second-order valence-electron chi connectivity index (χ2n) is 10.4. The summed E-state index contributed by atoms with van der Waals surface area (Å²) in [4.78, 5) is 26.8. The molecule has 6 rings (SSSR count). The van der Waals surface area contributed by atoms with Crippen molar-refractivity contribution in [3.8, 4) is 22.5 Å². The molecule has 4 aromatic rings. The van der Waals surface area contributed by atoms with Gasteiger partial charge < -0.3 is 14.7 Å². The first kappa shape index (κ1) is 24.1. The standard InChI is InChI=1S/C29H29N5O4/c35-27(36)29(13-3-4-14-29)18-34(28(37)38-23-11-12-23)17-19-7-8-21-16-22(10-9-20(21)15-19)24-5-1-2-6-25(24)26-30-32-33-31-26/h1-2,5-10,15-16,23H,3-4,11-14,17-18H2,(H,35,36)(H,30,31,32,33). The number of H-pyrrole nitrogens is 1. The molecule has 194 valence electrons. The van der Waals surface area contributed by atoms with Crippen LogP contribution < -0.4 is 0 Å². The molecule has 3 aromatic carbocycles. The number of hydrogen-bond acceptors (Lipinski definition) is 6. The molecule has 1 amide bonds. The molecule has 2 aliphatic carbocycles. The number of tetrazole rings is 1. The third kappa shape index (κ3) is 4.83. The van der Waals surface area contributed by atoms with Crippen LogP contribution in [-0.4, -0.2) is 55.3 Å². The van der Waals surface area contributed by atoms with Crippen LogP contribution in [0.1, 0.15) is 44.1 Å². The Hall–Kier alpha value is -4.27. The molecule has 1 heterocycles. The zero-order valence-electron chi connectivity index (χ0n) is 21.0. The first-order valence-electron chi connectivity index (χ1n) is 13.1. The first-order valence-corrected chi connectivity index (χ1v) is 13.1. The van der Waals surface area contributed by atoms with Gasteiger partial charge in [0.2, 0.25) is 0 Å². The van der Waals surface area contributed by atoms with Crippen LogP contribution in [0.4, 0.5) is 4.79 Å². The smallest absolute Gasteiger partial charge is 0.410 e. The molecule has 0 bridgehead atoms. The molecular weight excluding hydrogens is 482 g/mol. The average Bonchev–Trinajstić information content (AvgIpc) is 3.37. The van der Waals surface area contributed by atoms with Crippen LogP contribution in [0.5, 0.6) is 0 Å². The van der Waals surface area contributed by atoms with Crippen molar-refractivity contribution in [3.63, 3.8) is 0 Å². The lowest BCUT2D eigenvalue weighted by atomic mass is 9.85. The van der Waals surface area contributed by atoms with Crippen molar-refractivity contribution in [1.29, 1.82) is 0 Å². The molecule has 0 aliphatic heterocycles. The maximum atomic E-state index is 13.0. The van der Waals surface area contributed by atoms with Crippen LogP contribution in [0.2, 0.25) is 0 Å². The van der Waals surface area contributed by atoms with Gasteiger partial charge in [-0.05, 0) is 75.7 Å². The summed E-state index contributed by atoms with van der Waals surface area (Å²) in [5, 5.41) is 26.4. The number of benzene rings is 3. The topological polar surface area (TPSA) is 121 Å². The van der Waals surface area contributed by atoms with Gasteiger partial charge in [-0.1, -0.05) is 61.4 Å². The summed E-state index contributed by atoms with van der Waals surface area (Å²) in [6, 6.07) is 20.3. The largest absolute Gasteiger partial charge is 0.481 e. The maximum Gasteiger partial charge on any atom is 0.410 e. The zero-order valence-corrected chi connectivity index (χ0v) is 21.0. The van der Waals surface area contributed by atoms with Crippen molar-refractivity contribution < 1.29 is 19.4 Å². The Balaban J connectivity index is 1.27. The molecule has 1 aromatic heterocycles. The number of amides is 1. The number of aromatic nitrogens is 4. The number of hydrogen-bond donors (Lipinski definition) is 2. The SMILES string of the molecule is O=C(OC1CC1)N(Cc1ccc2cc(-c3ccccc3-c3nnn[nH]3)ccc2c1)CC1(C(=O)O)CCCC1. The number of carbonyl (C=O) groups is 2. The van der Waals surface area contributed by atoms with Crippen LogP contribution >= 0.6 is 0 Å². The summed E-state index contributed by atoms with van der Waals surface area (Å²) < 4.78 is 5.60. The first-order chi connectivity index (χ1) is 18.5. The molecule has 2 fully saturated rings. The second kappa shape index (κ2) is 9.89. The van der Waals surface area contributed by atoms with Crippen molar-refractivity contribution in [2.45, 2.75) is 51.2 Å². The van der Waals surface area contributed by atoms with E-state index < -0.39 is 17.5 Å². The molecule has 2 N–H and O–H groups in total. The molecule has 0 unspecified atom stereocenters. The van der Waals surface area contributed by atoms with Crippen LogP contribution in [0.15, 0.2) is 60.7 Å². The molecule has 38 heavy (non-hydrogen) atoms. The van der Waals surface area contributed by atoms with Gasteiger partial charge in [-0.2, -0.15) is 0 Å². The van der Waals surface area contributed by atoms with Crippen LogP contribution in [0.3, 0.4) is 0 Å². The van der Waals surface area contributed by atoms with Crippen molar-refractivity contribution in [2.75, 3.05) is 6.54 Å². The summed E-state index contributed by atoms with van der Waals surface area (Å²) in [6.45, 7) is 0.470. The quantitative estimate of drug-likeness (QED) is 0.323. The minimum absolute atomic E-state index is 0.0417. The number of fused-ring (bicyclic) bond motifs is 1. The predicted molar refractivity (Wildman–Crippen MR) is 141 cm³/mol. The molecule has 0 spiro atoms. The molecule has 2 aliphatic rings. The molecule has 2 saturated carbocycles. The van der Waals surface area contributed by atoms with Crippen molar-refractivity contribution in [3.05, 3.63) is 66.2 Å². The minimum atomic E-state index is -0.902. The molecule has 0 saturated heterocycles. The number of ether oxygens (including phenoxy) is 1. The number of aromatic amines is 1. The van der Waals surface area contributed by atoms with E-state index in [-0.39, 0.29) is 12.6 Å². The van der Waals surface area contributed by atoms with Gasteiger partial charge in [-0.3, -0.25) is 4.79 Å². The minimum Gasteiger partial charge on any atom is -0.481 e. The van der Waals surface area contributed by atoms with Gasteiger partial charge in [-0.15, -0.1) is 5.10 Å². The van der Waals surface area contributed by atoms with E-state index in [4.69, 9.17) is 4.74 Å². The van der Waals surface area contributed by atoms with Crippen molar-refractivity contribution >= 4 is 22.8 Å². The van der Waals surface area contributed by atoms with E-state index in [2.05, 4.69) is 44.9 Å². The fourth-order valence-electron chi connectivity index (χ4n) is 5.44. The molecule has 0 radical (unpaired) electrons. The van der Waals surface area contributed by atoms with Crippen molar-refractivity contribution in [1.82, 2.24) is 25.5 Å². The number of nitrogens with zero attached hydrogens (tertiary/aromatic N) is 4. The average molecular weight is 512 g/mol. The summed E-state index contributed by atoms with van der Waals surface area (Å²) in [5.41, 5.74) is 3.00. The maximum absolute atomic E-state index is 13.0. The van der Waals surface area contributed by atoms with Crippen LogP contribution in [-0.2, 0) is 16.1 Å². The summed E-state index contributed by atoms with van der Waals surface area (Å²) in [5.74, 6) is -0.220. The molecule has 9 heteroatoms. The predicted octanol–water partition coefficient (Wildman–Crippen LogP) is 5.43. The van der Waals surface area contributed by atoms with E-state index in [1.54, 1.807) is 4.90 Å². The highest BCUT2D eigenvalue weighted by Gasteiger charge is 2.44. The lowest BCUT2D eigenvalue weighted by Crippen LogP contribution is -2.44. The molecule has 0 atom stereocenters. The van der Waals surface area contributed by atoms with Gasteiger partial charge in [0.15, 0.2) is 5.82 Å². The number of carbonyl (C=O) groups excluding carboxylic acids is 1. The number of nitrogens with one attached hydrogen (secondary N) is 1. The third-order valence-electron chi connectivity index (χ3n) is 7.67. The van der Waals surface area contributed by atoms with E-state index in [0.717, 1.165) is 58.7 Å². The van der Waals surface area contributed by atoms with E-state index in [1.807, 2.05) is 36.4 Å². The van der Waals surface area contributed by atoms with Gasteiger partial charge >= 0.3 is 12.1 Å². The Labute approximate surface area is 219 Å². The number of carboxylic acid groups (broad SMARTS) is 1. The molecular formula is C29H29N5O4. The van der Waals surface area contributed by atoms with E-state index in [0.29, 0.717) is 25.2 Å². The van der Waals surface area contributed by atoms with Crippen molar-refractivity contribution in [2.24, 2.45) is 5.41 Å². The lowest BCUT2D eigenvalue weighted by molar-refractivity contribution is -0.149. The van der Waals surface area contributed by atoms with E-state index >= 15 is 0 Å². The fraction of sp³-hybridized carbons (Fsp3) is 0.345. The van der Waals surface area contributed by atoms with E-state index in [1.165, 1.54) is 0 Å². The summed E-state index contributed by atoms with van der Waals surface area (Å²) in [6.07, 6.45) is 4.19. The second-order valence-corrected chi connectivity index (χ2v) is 10.4. The van der Waals surface area contributed by atoms with Gasteiger partial charge in [0.25, 0.3) is 0 Å². The number of rotatable bonds is 8. The van der Waals surface area contributed by atoms with Gasteiger partial charge in [0, 0.05) is 18.7 Å². The van der Waals surface area contributed by atoms with Crippen LogP contribution in [0.25, 0.3) is 33.3 Å². The zero-order chi connectivity index (χ0) is 26.1. The summed E-state index contributed by atoms with van der Waals surface area (Å²) in [7, 11) is 0. The molecule has 9 nitrogen and oxygen atoms in total. The summed E-state index contributed by atoms with van der Waals surface area (Å²) >= 11 is 0. The highest BCUT2D eigenvalue weighted by Crippen LogP contribution is 2.40. The van der Waals surface area contributed by atoms with Gasteiger partial charge in [0.05, 0.1) is 5.41 Å². The lowest BCUT2D eigenvalue weighted by Gasteiger charge is -2.31.